The van der Waals surface area contributed by atoms with E-state index in [1.807, 2.05) is 0 Å². The second-order valence-corrected chi connectivity index (χ2v) is 4.16. The summed E-state index contributed by atoms with van der Waals surface area (Å²) >= 11 is 0. The van der Waals surface area contributed by atoms with Gasteiger partial charge in [0.05, 0.1) is 5.56 Å². The van der Waals surface area contributed by atoms with Gasteiger partial charge in [-0.15, -0.1) is 0 Å². The van der Waals surface area contributed by atoms with E-state index in [1.165, 1.54) is 18.2 Å². The Bertz CT molecular complexity index is 521. The molecule has 5 heteroatoms. The monoisotopic (exact) mass is 249 g/mol. The summed E-state index contributed by atoms with van der Waals surface area (Å²) in [7, 11) is 0. The molecule has 0 spiro atoms. The van der Waals surface area contributed by atoms with Gasteiger partial charge in [0.15, 0.2) is 0 Å². The van der Waals surface area contributed by atoms with Crippen LogP contribution in [-0.2, 0) is 4.79 Å². The molecule has 0 aliphatic heterocycles. The lowest BCUT2D eigenvalue weighted by Crippen LogP contribution is -2.26. The first-order valence-corrected chi connectivity index (χ1v) is 5.57. The van der Waals surface area contributed by atoms with Crippen LogP contribution in [0, 0.1) is 5.82 Å². The standard InChI is InChI=1S/C13H12FNO3/c14-11-5-1-8(2-6-12(16)17)7-10(11)13(18)15-9-3-4-9/h1-2,5-7,9H,3-4H2,(H,15,18)(H,16,17)/b6-2+. The molecule has 1 aliphatic rings. The zero-order chi connectivity index (χ0) is 13.1. The number of carboxylic acids is 1. The Morgan fingerprint density at radius 3 is 2.72 bits per heavy atom. The number of rotatable bonds is 4. The van der Waals surface area contributed by atoms with Crippen LogP contribution in [0.4, 0.5) is 4.39 Å². The van der Waals surface area contributed by atoms with Crippen molar-refractivity contribution in [3.63, 3.8) is 0 Å². The van der Waals surface area contributed by atoms with Gasteiger partial charge in [0, 0.05) is 12.1 Å². The highest BCUT2D eigenvalue weighted by molar-refractivity contribution is 5.95. The maximum Gasteiger partial charge on any atom is 0.328 e. The summed E-state index contributed by atoms with van der Waals surface area (Å²) in [6.07, 6.45) is 4.10. The quantitative estimate of drug-likeness (QED) is 0.800. The normalized spacial score (nSPS) is 14.7. The number of hydrogen-bond donors (Lipinski definition) is 2. The van der Waals surface area contributed by atoms with Crippen molar-refractivity contribution < 1.29 is 19.1 Å². The Morgan fingerprint density at radius 1 is 1.39 bits per heavy atom. The van der Waals surface area contributed by atoms with Gasteiger partial charge in [0.1, 0.15) is 5.82 Å². The van der Waals surface area contributed by atoms with Crippen molar-refractivity contribution in [3.8, 4) is 0 Å². The molecule has 4 nitrogen and oxygen atoms in total. The molecule has 18 heavy (non-hydrogen) atoms. The topological polar surface area (TPSA) is 66.4 Å². The Morgan fingerprint density at radius 2 is 2.11 bits per heavy atom. The van der Waals surface area contributed by atoms with Gasteiger partial charge in [0.25, 0.3) is 5.91 Å². The molecule has 1 fully saturated rings. The fourth-order valence-corrected chi connectivity index (χ4v) is 1.48. The third-order valence-electron chi connectivity index (χ3n) is 2.57. The molecule has 0 aromatic heterocycles. The second-order valence-electron chi connectivity index (χ2n) is 4.16. The molecule has 2 N–H and O–H groups in total. The number of hydrogen-bond acceptors (Lipinski definition) is 2. The summed E-state index contributed by atoms with van der Waals surface area (Å²) in [6.45, 7) is 0. The Kier molecular flexibility index (Phi) is 3.41. The van der Waals surface area contributed by atoms with Gasteiger partial charge in [-0.3, -0.25) is 4.79 Å². The number of halogens is 1. The lowest BCUT2D eigenvalue weighted by atomic mass is 10.1. The first-order valence-electron chi connectivity index (χ1n) is 5.57. The molecule has 0 bridgehead atoms. The largest absolute Gasteiger partial charge is 0.478 e. The Hall–Kier alpha value is -2.17. The van der Waals surface area contributed by atoms with Crippen LogP contribution in [0.15, 0.2) is 24.3 Å². The minimum atomic E-state index is -1.09. The summed E-state index contributed by atoms with van der Waals surface area (Å²) in [5, 5.41) is 11.2. The molecule has 1 aromatic carbocycles. The van der Waals surface area contributed by atoms with Gasteiger partial charge in [0.2, 0.25) is 0 Å². The van der Waals surface area contributed by atoms with Crippen LogP contribution in [-0.4, -0.2) is 23.0 Å². The van der Waals surface area contributed by atoms with Crippen molar-refractivity contribution in [1.29, 1.82) is 0 Å². The summed E-state index contributed by atoms with van der Waals surface area (Å²) in [6, 6.07) is 4.06. The number of aliphatic carboxylic acids is 1. The van der Waals surface area contributed by atoms with Crippen LogP contribution < -0.4 is 5.32 Å². The lowest BCUT2D eigenvalue weighted by Gasteiger charge is -2.05. The SMILES string of the molecule is O=C(O)/C=C/c1ccc(F)c(C(=O)NC2CC2)c1. The number of nitrogens with one attached hydrogen (secondary N) is 1. The predicted molar refractivity (Wildman–Crippen MR) is 63.6 cm³/mol. The van der Waals surface area contributed by atoms with Gasteiger partial charge in [-0.2, -0.15) is 0 Å². The minimum absolute atomic E-state index is 0.0607. The third-order valence-corrected chi connectivity index (χ3v) is 2.57. The van der Waals surface area contributed by atoms with Crippen molar-refractivity contribution in [2.75, 3.05) is 0 Å². The molecule has 0 saturated heterocycles. The van der Waals surface area contributed by atoms with Crippen molar-refractivity contribution in [2.45, 2.75) is 18.9 Å². The zero-order valence-electron chi connectivity index (χ0n) is 9.52. The first-order chi connectivity index (χ1) is 8.56. The number of benzene rings is 1. The van der Waals surface area contributed by atoms with E-state index in [9.17, 15) is 14.0 Å². The van der Waals surface area contributed by atoms with E-state index in [0.29, 0.717) is 5.56 Å². The summed E-state index contributed by atoms with van der Waals surface area (Å²) < 4.78 is 13.5. The number of carbonyl (C=O) groups is 2. The molecule has 1 aliphatic carbocycles. The highest BCUT2D eigenvalue weighted by atomic mass is 19.1. The molecule has 1 amide bonds. The van der Waals surface area contributed by atoms with Crippen molar-refractivity contribution in [1.82, 2.24) is 5.32 Å². The van der Waals surface area contributed by atoms with Gasteiger partial charge in [-0.25, -0.2) is 9.18 Å². The van der Waals surface area contributed by atoms with Gasteiger partial charge in [-0.1, -0.05) is 6.07 Å². The van der Waals surface area contributed by atoms with Gasteiger partial charge in [-0.05, 0) is 36.6 Å². The Balaban J connectivity index is 2.19. The van der Waals surface area contributed by atoms with E-state index in [1.54, 1.807) is 0 Å². The van der Waals surface area contributed by atoms with E-state index in [-0.39, 0.29) is 11.6 Å². The van der Waals surface area contributed by atoms with E-state index >= 15 is 0 Å². The average molecular weight is 249 g/mol. The van der Waals surface area contributed by atoms with Crippen LogP contribution in [0.1, 0.15) is 28.8 Å². The number of carboxylic acid groups (broad SMARTS) is 1. The highest BCUT2D eigenvalue weighted by Gasteiger charge is 2.24. The molecule has 0 heterocycles. The van der Waals surface area contributed by atoms with Crippen molar-refractivity contribution >= 4 is 18.0 Å². The maximum absolute atomic E-state index is 13.5. The second kappa shape index (κ2) is 5.00. The molecule has 0 radical (unpaired) electrons. The van der Waals surface area contributed by atoms with Crippen molar-refractivity contribution in [3.05, 3.63) is 41.2 Å². The molecule has 1 saturated carbocycles. The van der Waals surface area contributed by atoms with Crippen LogP contribution in [0.5, 0.6) is 0 Å². The zero-order valence-corrected chi connectivity index (χ0v) is 9.52. The Labute approximate surface area is 103 Å². The fourth-order valence-electron chi connectivity index (χ4n) is 1.48. The maximum atomic E-state index is 13.5. The van der Waals surface area contributed by atoms with Crippen LogP contribution in [0.25, 0.3) is 6.08 Å². The predicted octanol–water partition coefficient (Wildman–Crippen LogP) is 1.82. The molecule has 1 aromatic rings. The smallest absolute Gasteiger partial charge is 0.328 e. The van der Waals surface area contributed by atoms with Gasteiger partial charge < -0.3 is 10.4 Å². The van der Waals surface area contributed by atoms with Crippen LogP contribution in [0.2, 0.25) is 0 Å². The third kappa shape index (κ3) is 3.16. The van der Waals surface area contributed by atoms with Gasteiger partial charge >= 0.3 is 5.97 Å². The van der Waals surface area contributed by atoms with E-state index in [2.05, 4.69) is 5.32 Å². The molecule has 0 unspecified atom stereocenters. The van der Waals surface area contributed by atoms with E-state index in [0.717, 1.165) is 25.0 Å². The first kappa shape index (κ1) is 12.3. The highest BCUT2D eigenvalue weighted by Crippen LogP contribution is 2.20. The molecular formula is C13H12FNO3. The molecule has 0 atom stereocenters. The molecular weight excluding hydrogens is 237 g/mol. The van der Waals surface area contributed by atoms with Crippen LogP contribution in [0.3, 0.4) is 0 Å². The summed E-state index contributed by atoms with van der Waals surface area (Å²) in [5.74, 6) is -2.16. The van der Waals surface area contributed by atoms with Crippen molar-refractivity contribution in [2.24, 2.45) is 0 Å². The minimum Gasteiger partial charge on any atom is -0.478 e. The average Bonchev–Trinajstić information content (AvgIpc) is 3.11. The fraction of sp³-hybridized carbons (Fsp3) is 0.231. The number of carbonyl (C=O) groups excluding carboxylic acids is 1. The van der Waals surface area contributed by atoms with Crippen LogP contribution >= 0.6 is 0 Å². The van der Waals surface area contributed by atoms with E-state index < -0.39 is 17.7 Å². The summed E-state index contributed by atoms with van der Waals surface area (Å²) in [4.78, 5) is 22.1. The number of amides is 1. The molecule has 94 valence electrons. The summed E-state index contributed by atoms with van der Waals surface area (Å²) in [5.41, 5.74) is 0.411. The lowest BCUT2D eigenvalue weighted by molar-refractivity contribution is -0.131. The van der Waals surface area contributed by atoms with E-state index in [4.69, 9.17) is 5.11 Å². The molecule has 2 rings (SSSR count).